The van der Waals surface area contributed by atoms with E-state index in [1.807, 2.05) is 89.6 Å². The van der Waals surface area contributed by atoms with Crippen molar-refractivity contribution in [3.63, 3.8) is 0 Å². The highest BCUT2D eigenvalue weighted by Crippen LogP contribution is 2.29. The van der Waals surface area contributed by atoms with Crippen LogP contribution in [0.5, 0.6) is 0 Å². The monoisotopic (exact) mass is 404 g/mol. The van der Waals surface area contributed by atoms with Crippen LogP contribution in [-0.2, 0) is 0 Å². The Morgan fingerprint density at radius 2 is 1.54 bits per heavy atom. The van der Waals surface area contributed by atoms with Gasteiger partial charge in [-0.15, -0.1) is 0 Å². The topological polar surface area (TPSA) is 55.9 Å². The Labute approximate surface area is 160 Å². The molecule has 26 heavy (non-hydrogen) atoms. The van der Waals surface area contributed by atoms with Crippen molar-refractivity contribution < 1.29 is 0 Å². The largest absolute Gasteiger partial charge is 0.397 e. The van der Waals surface area contributed by atoms with Gasteiger partial charge in [0.15, 0.2) is 0 Å². The molecule has 0 saturated carbocycles. The number of nitrogens with zero attached hydrogens (tertiary/aromatic N) is 2. The van der Waals surface area contributed by atoms with E-state index in [2.05, 4.69) is 21.2 Å². The fraction of sp³-hybridized carbons (Fsp3) is 0. The Kier molecular flexibility index (Phi) is 4.46. The van der Waals surface area contributed by atoms with Gasteiger partial charge in [0, 0.05) is 16.1 Å². The summed E-state index contributed by atoms with van der Waals surface area (Å²) >= 11 is 3.47. The molecule has 4 nitrogen and oxygen atoms in total. The summed E-state index contributed by atoms with van der Waals surface area (Å²) in [6, 6.07) is 27.9. The van der Waals surface area contributed by atoms with Crippen LogP contribution in [0, 0.1) is 0 Å². The molecule has 1 heterocycles. The Balaban J connectivity index is 1.80. The summed E-state index contributed by atoms with van der Waals surface area (Å²) in [6.07, 6.45) is 0. The molecule has 0 bridgehead atoms. The maximum absolute atomic E-state index is 6.09. The standard InChI is InChI=1S/C21H17BrN4/c22-16-12-10-15(11-13-16)20-14-21(24-19-9-5-4-8-18(19)23)26(25-20)17-6-2-1-3-7-17/h1-14,24H,23H2. The number of anilines is 3. The second kappa shape index (κ2) is 7.06. The first-order valence-corrected chi connectivity index (χ1v) is 9.03. The molecule has 0 spiro atoms. The zero-order valence-electron chi connectivity index (χ0n) is 13.9. The van der Waals surface area contributed by atoms with Crippen LogP contribution in [-0.4, -0.2) is 9.78 Å². The molecular weight excluding hydrogens is 388 g/mol. The summed E-state index contributed by atoms with van der Waals surface area (Å²) in [5, 5.41) is 8.21. The third-order valence-corrected chi connectivity index (χ3v) is 4.60. The fourth-order valence-electron chi connectivity index (χ4n) is 2.75. The van der Waals surface area contributed by atoms with E-state index in [4.69, 9.17) is 10.8 Å². The summed E-state index contributed by atoms with van der Waals surface area (Å²) in [6.45, 7) is 0. The average molecular weight is 405 g/mol. The maximum atomic E-state index is 6.09. The quantitative estimate of drug-likeness (QED) is 0.433. The molecule has 0 saturated heterocycles. The smallest absolute Gasteiger partial charge is 0.134 e. The number of hydrogen-bond donors (Lipinski definition) is 2. The average Bonchev–Trinajstić information content (AvgIpc) is 3.09. The minimum Gasteiger partial charge on any atom is -0.397 e. The van der Waals surface area contributed by atoms with Gasteiger partial charge in [0.05, 0.1) is 22.8 Å². The maximum Gasteiger partial charge on any atom is 0.134 e. The number of rotatable bonds is 4. The molecule has 3 aromatic carbocycles. The number of nitrogens with two attached hydrogens (primary N) is 1. The van der Waals surface area contributed by atoms with Gasteiger partial charge in [-0.2, -0.15) is 5.10 Å². The van der Waals surface area contributed by atoms with Gasteiger partial charge >= 0.3 is 0 Å². The first-order chi connectivity index (χ1) is 12.7. The molecule has 0 unspecified atom stereocenters. The zero-order chi connectivity index (χ0) is 17.9. The fourth-order valence-corrected chi connectivity index (χ4v) is 3.01. The summed E-state index contributed by atoms with van der Waals surface area (Å²) in [5.74, 6) is 0.854. The molecular formula is C21H17BrN4. The molecule has 0 aliphatic heterocycles. The molecule has 0 aliphatic rings. The number of nitrogen functional groups attached to an aromatic ring is 1. The predicted octanol–water partition coefficient (Wildman–Crippen LogP) is 5.63. The highest BCUT2D eigenvalue weighted by Gasteiger charge is 2.12. The lowest BCUT2D eigenvalue weighted by atomic mass is 10.1. The number of halogens is 1. The zero-order valence-corrected chi connectivity index (χ0v) is 15.5. The lowest BCUT2D eigenvalue weighted by molar-refractivity contribution is 0.892. The number of benzene rings is 3. The van der Waals surface area contributed by atoms with E-state index in [0.29, 0.717) is 5.69 Å². The van der Waals surface area contributed by atoms with Gasteiger partial charge in [0.25, 0.3) is 0 Å². The van der Waals surface area contributed by atoms with Crippen LogP contribution in [0.25, 0.3) is 16.9 Å². The van der Waals surface area contributed by atoms with Crippen molar-refractivity contribution in [2.45, 2.75) is 0 Å². The van der Waals surface area contributed by atoms with Gasteiger partial charge in [-0.05, 0) is 36.4 Å². The molecule has 4 aromatic rings. The molecule has 128 valence electrons. The van der Waals surface area contributed by atoms with Gasteiger partial charge in [0.1, 0.15) is 5.82 Å². The Morgan fingerprint density at radius 3 is 2.27 bits per heavy atom. The summed E-state index contributed by atoms with van der Waals surface area (Å²) in [4.78, 5) is 0. The van der Waals surface area contributed by atoms with Gasteiger partial charge in [-0.25, -0.2) is 4.68 Å². The Hall–Kier alpha value is -3.05. The number of hydrogen-bond acceptors (Lipinski definition) is 3. The molecule has 0 radical (unpaired) electrons. The minimum absolute atomic E-state index is 0.693. The van der Waals surface area contributed by atoms with Crippen LogP contribution in [0.2, 0.25) is 0 Å². The van der Waals surface area contributed by atoms with E-state index in [-0.39, 0.29) is 0 Å². The Morgan fingerprint density at radius 1 is 0.846 bits per heavy atom. The number of nitrogens with one attached hydrogen (secondary N) is 1. The van der Waals surface area contributed by atoms with Crippen molar-refractivity contribution in [1.29, 1.82) is 0 Å². The Bertz CT molecular complexity index is 1020. The predicted molar refractivity (Wildman–Crippen MR) is 111 cm³/mol. The second-order valence-electron chi connectivity index (χ2n) is 5.88. The van der Waals surface area contributed by atoms with Gasteiger partial charge < -0.3 is 11.1 Å². The lowest BCUT2D eigenvalue weighted by Gasteiger charge is -2.11. The van der Waals surface area contributed by atoms with Crippen molar-refractivity contribution in [2.75, 3.05) is 11.1 Å². The third-order valence-electron chi connectivity index (χ3n) is 4.07. The first-order valence-electron chi connectivity index (χ1n) is 8.24. The van der Waals surface area contributed by atoms with Crippen LogP contribution in [0.4, 0.5) is 17.2 Å². The van der Waals surface area contributed by atoms with E-state index < -0.39 is 0 Å². The summed E-state index contributed by atoms with van der Waals surface area (Å²) < 4.78 is 2.93. The van der Waals surface area contributed by atoms with E-state index in [1.54, 1.807) is 0 Å². The lowest BCUT2D eigenvalue weighted by Crippen LogP contribution is -2.03. The third kappa shape index (κ3) is 3.34. The highest BCUT2D eigenvalue weighted by atomic mass is 79.9. The molecule has 0 aliphatic carbocycles. The first kappa shape index (κ1) is 16.4. The normalized spacial score (nSPS) is 10.7. The minimum atomic E-state index is 0.693. The summed E-state index contributed by atoms with van der Waals surface area (Å²) in [7, 11) is 0. The molecule has 0 amide bonds. The van der Waals surface area contributed by atoms with Crippen LogP contribution < -0.4 is 11.1 Å². The molecule has 3 N–H and O–H groups in total. The van der Waals surface area contributed by atoms with Gasteiger partial charge in [0.2, 0.25) is 0 Å². The van der Waals surface area contributed by atoms with Crippen LogP contribution in [0.3, 0.4) is 0 Å². The van der Waals surface area contributed by atoms with Gasteiger partial charge in [-0.3, -0.25) is 0 Å². The van der Waals surface area contributed by atoms with Gasteiger partial charge in [-0.1, -0.05) is 58.4 Å². The highest BCUT2D eigenvalue weighted by molar-refractivity contribution is 9.10. The molecule has 5 heteroatoms. The van der Waals surface area contributed by atoms with Crippen LogP contribution >= 0.6 is 15.9 Å². The van der Waals surface area contributed by atoms with Crippen LogP contribution in [0.1, 0.15) is 0 Å². The van der Waals surface area contributed by atoms with Crippen molar-refractivity contribution in [3.05, 3.63) is 89.4 Å². The number of aromatic nitrogens is 2. The second-order valence-corrected chi connectivity index (χ2v) is 6.80. The SMILES string of the molecule is Nc1ccccc1Nc1cc(-c2ccc(Br)cc2)nn1-c1ccccc1. The molecule has 4 rings (SSSR count). The van der Waals surface area contributed by atoms with Crippen molar-refractivity contribution in [3.8, 4) is 16.9 Å². The van der Waals surface area contributed by atoms with Crippen molar-refractivity contribution in [1.82, 2.24) is 9.78 Å². The molecule has 0 atom stereocenters. The van der Waals surface area contributed by atoms with Crippen molar-refractivity contribution in [2.24, 2.45) is 0 Å². The van der Waals surface area contributed by atoms with Crippen molar-refractivity contribution >= 4 is 33.1 Å². The number of para-hydroxylation sites is 3. The van der Waals surface area contributed by atoms with E-state index in [0.717, 1.165) is 32.9 Å². The molecule has 1 aromatic heterocycles. The van der Waals surface area contributed by atoms with Crippen LogP contribution in [0.15, 0.2) is 89.4 Å². The van der Waals surface area contributed by atoms with E-state index in [9.17, 15) is 0 Å². The molecule has 0 fully saturated rings. The van der Waals surface area contributed by atoms with E-state index >= 15 is 0 Å². The summed E-state index contributed by atoms with van der Waals surface area (Å²) in [5.41, 5.74) is 10.6. The van der Waals surface area contributed by atoms with E-state index in [1.165, 1.54) is 0 Å².